The van der Waals surface area contributed by atoms with Crippen LogP contribution < -0.4 is 4.74 Å². The largest absolute Gasteiger partial charge is 0.496 e. The van der Waals surface area contributed by atoms with Gasteiger partial charge in [-0.15, -0.1) is 0 Å². The first-order valence-corrected chi connectivity index (χ1v) is 12.2. The SMILES string of the molecule is CCOP(=O)(CC(=O)/C=C/c1cc(C(C)(C)C)c(OC)c2c1CCCC2)OCC. The molecule has 0 N–H and O–H groups in total. The molecule has 5 nitrogen and oxygen atoms in total. The molecule has 0 heterocycles. The van der Waals surface area contributed by atoms with Crippen LogP contribution >= 0.6 is 7.60 Å². The van der Waals surface area contributed by atoms with Crippen molar-refractivity contribution in [1.82, 2.24) is 0 Å². The van der Waals surface area contributed by atoms with E-state index < -0.39 is 7.60 Å². The number of benzene rings is 1. The van der Waals surface area contributed by atoms with E-state index in [-0.39, 0.29) is 30.6 Å². The van der Waals surface area contributed by atoms with Gasteiger partial charge >= 0.3 is 7.60 Å². The topological polar surface area (TPSA) is 61.8 Å². The van der Waals surface area contributed by atoms with Gasteiger partial charge in [0, 0.05) is 5.56 Å². The molecule has 0 atom stereocenters. The van der Waals surface area contributed by atoms with Crippen molar-refractivity contribution in [3.05, 3.63) is 34.4 Å². The first-order valence-electron chi connectivity index (χ1n) is 10.5. The lowest BCUT2D eigenvalue weighted by Gasteiger charge is -2.29. The summed E-state index contributed by atoms with van der Waals surface area (Å²) in [5.74, 6) is 0.723. The molecular weight excluding hydrogens is 387 g/mol. The molecule has 0 radical (unpaired) electrons. The Morgan fingerprint density at radius 3 is 2.21 bits per heavy atom. The third-order valence-electron chi connectivity index (χ3n) is 5.10. The standard InChI is InChI=1S/C23H35O5P/c1-7-27-29(25,28-8-2)16-18(24)14-13-17-15-21(23(3,4)5)22(26-6)20-12-10-9-11-19(17)20/h13-15H,7-12,16H2,1-6H3/b14-13+. The van der Waals surface area contributed by atoms with Crippen molar-refractivity contribution in [3.63, 3.8) is 0 Å². The Balaban J connectivity index is 2.39. The van der Waals surface area contributed by atoms with Crippen molar-refractivity contribution in [1.29, 1.82) is 0 Å². The van der Waals surface area contributed by atoms with Gasteiger partial charge in [-0.25, -0.2) is 0 Å². The van der Waals surface area contributed by atoms with Gasteiger partial charge in [-0.1, -0.05) is 26.8 Å². The highest BCUT2D eigenvalue weighted by atomic mass is 31.2. The Kier molecular flexibility index (Phi) is 8.28. The van der Waals surface area contributed by atoms with Gasteiger partial charge < -0.3 is 13.8 Å². The maximum atomic E-state index is 12.6. The van der Waals surface area contributed by atoms with Crippen LogP contribution in [0.25, 0.3) is 6.08 Å². The molecule has 29 heavy (non-hydrogen) atoms. The number of ether oxygens (including phenoxy) is 1. The summed E-state index contributed by atoms with van der Waals surface area (Å²) in [5, 5.41) is 0. The lowest BCUT2D eigenvalue weighted by atomic mass is 9.78. The smallest absolute Gasteiger partial charge is 0.338 e. The second-order valence-corrected chi connectivity index (χ2v) is 10.4. The quantitative estimate of drug-likeness (QED) is 0.376. The van der Waals surface area contributed by atoms with E-state index in [0.717, 1.165) is 42.6 Å². The first kappa shape index (κ1) is 23.9. The van der Waals surface area contributed by atoms with E-state index in [2.05, 4.69) is 26.8 Å². The Morgan fingerprint density at radius 2 is 1.69 bits per heavy atom. The fourth-order valence-electron chi connectivity index (χ4n) is 3.83. The number of ketones is 1. The zero-order valence-electron chi connectivity index (χ0n) is 18.7. The van der Waals surface area contributed by atoms with Crippen LogP contribution in [0.1, 0.15) is 69.7 Å². The second kappa shape index (κ2) is 10.1. The minimum atomic E-state index is -3.39. The van der Waals surface area contributed by atoms with E-state index in [1.807, 2.05) is 6.08 Å². The third-order valence-corrected chi connectivity index (χ3v) is 7.10. The minimum absolute atomic E-state index is 0.0793. The van der Waals surface area contributed by atoms with Crippen LogP contribution in [0.2, 0.25) is 0 Å². The maximum absolute atomic E-state index is 12.6. The number of rotatable bonds is 9. The van der Waals surface area contributed by atoms with Crippen molar-refractivity contribution in [2.45, 2.75) is 65.7 Å². The predicted molar refractivity (Wildman–Crippen MR) is 118 cm³/mol. The van der Waals surface area contributed by atoms with E-state index in [9.17, 15) is 9.36 Å². The summed E-state index contributed by atoms with van der Waals surface area (Å²) in [6.07, 6.45) is 7.35. The van der Waals surface area contributed by atoms with Gasteiger partial charge in [-0.05, 0) is 73.8 Å². The molecule has 0 unspecified atom stereocenters. The van der Waals surface area contributed by atoms with Gasteiger partial charge in [0.15, 0.2) is 5.78 Å². The predicted octanol–water partition coefficient (Wildman–Crippen LogP) is 5.72. The molecule has 0 saturated heterocycles. The second-order valence-electron chi connectivity index (χ2n) is 8.37. The van der Waals surface area contributed by atoms with Crippen molar-refractivity contribution in [2.24, 2.45) is 0 Å². The van der Waals surface area contributed by atoms with Gasteiger partial charge in [0.05, 0.1) is 20.3 Å². The summed E-state index contributed by atoms with van der Waals surface area (Å²) in [4.78, 5) is 12.5. The van der Waals surface area contributed by atoms with Gasteiger partial charge in [0.25, 0.3) is 0 Å². The van der Waals surface area contributed by atoms with Gasteiger partial charge in [-0.2, -0.15) is 0 Å². The van der Waals surface area contributed by atoms with Crippen LogP contribution in [-0.4, -0.2) is 32.3 Å². The Labute approximate surface area is 175 Å². The molecule has 0 aromatic heterocycles. The molecule has 1 aromatic rings. The summed E-state index contributed by atoms with van der Waals surface area (Å²) in [6.45, 7) is 10.5. The average molecular weight is 423 g/mol. The molecule has 162 valence electrons. The molecule has 0 spiro atoms. The summed E-state index contributed by atoms with van der Waals surface area (Å²) < 4.78 is 28.9. The van der Waals surface area contributed by atoms with Crippen molar-refractivity contribution in [3.8, 4) is 5.75 Å². The normalized spacial score (nSPS) is 14.8. The molecule has 0 fully saturated rings. The third kappa shape index (κ3) is 6.04. The number of hydrogen-bond donors (Lipinski definition) is 0. The van der Waals surface area contributed by atoms with E-state index in [4.69, 9.17) is 13.8 Å². The average Bonchev–Trinajstić information content (AvgIpc) is 2.65. The number of allylic oxidation sites excluding steroid dienone is 1. The lowest BCUT2D eigenvalue weighted by Crippen LogP contribution is -2.17. The van der Waals surface area contributed by atoms with E-state index in [0.29, 0.717) is 0 Å². The highest BCUT2D eigenvalue weighted by Crippen LogP contribution is 2.48. The molecular formula is C23H35O5P. The van der Waals surface area contributed by atoms with Gasteiger partial charge in [0.2, 0.25) is 0 Å². The zero-order chi connectivity index (χ0) is 21.7. The van der Waals surface area contributed by atoms with Crippen molar-refractivity contribution in [2.75, 3.05) is 26.5 Å². The number of hydrogen-bond acceptors (Lipinski definition) is 5. The van der Waals surface area contributed by atoms with E-state index in [1.54, 1.807) is 21.0 Å². The highest BCUT2D eigenvalue weighted by Gasteiger charge is 2.28. The molecule has 2 rings (SSSR count). The molecule has 1 aliphatic carbocycles. The number of carbonyl (C=O) groups excluding carboxylic acids is 1. The van der Waals surface area contributed by atoms with Crippen molar-refractivity contribution < 1.29 is 23.1 Å². The minimum Gasteiger partial charge on any atom is -0.496 e. The number of methoxy groups -OCH3 is 1. The summed E-state index contributed by atoms with van der Waals surface area (Å²) in [7, 11) is -1.66. The van der Waals surface area contributed by atoms with Crippen LogP contribution in [0.4, 0.5) is 0 Å². The van der Waals surface area contributed by atoms with Crippen LogP contribution in [0.3, 0.4) is 0 Å². The lowest BCUT2D eigenvalue weighted by molar-refractivity contribution is -0.112. The molecule has 1 aromatic carbocycles. The summed E-state index contributed by atoms with van der Waals surface area (Å²) in [5.41, 5.74) is 4.61. The van der Waals surface area contributed by atoms with Gasteiger partial charge in [0.1, 0.15) is 11.9 Å². The first-order chi connectivity index (χ1) is 13.6. The molecule has 0 amide bonds. The summed E-state index contributed by atoms with van der Waals surface area (Å²) in [6, 6.07) is 2.14. The van der Waals surface area contributed by atoms with Crippen LogP contribution in [-0.2, 0) is 36.7 Å². The summed E-state index contributed by atoms with van der Waals surface area (Å²) >= 11 is 0. The van der Waals surface area contributed by atoms with E-state index in [1.165, 1.54) is 17.2 Å². The molecule has 0 bridgehead atoms. The number of carbonyl (C=O) groups is 1. The molecule has 6 heteroatoms. The monoisotopic (exact) mass is 422 g/mol. The fraction of sp³-hybridized carbons (Fsp3) is 0.609. The zero-order valence-corrected chi connectivity index (χ0v) is 19.6. The number of fused-ring (bicyclic) bond motifs is 1. The maximum Gasteiger partial charge on any atom is 0.338 e. The Hall–Kier alpha value is -1.42. The Bertz CT molecular complexity index is 794. The van der Waals surface area contributed by atoms with Gasteiger partial charge in [-0.3, -0.25) is 9.36 Å². The molecule has 1 aliphatic rings. The van der Waals surface area contributed by atoms with Crippen molar-refractivity contribution >= 4 is 19.5 Å². The fourth-order valence-corrected chi connectivity index (χ4v) is 5.36. The Morgan fingerprint density at radius 1 is 1.10 bits per heavy atom. The van der Waals surface area contributed by atoms with E-state index >= 15 is 0 Å². The highest BCUT2D eigenvalue weighted by molar-refractivity contribution is 7.54. The van der Waals surface area contributed by atoms with Crippen LogP contribution in [0.15, 0.2) is 12.1 Å². The molecule has 0 aliphatic heterocycles. The van der Waals surface area contributed by atoms with Crippen LogP contribution in [0, 0.1) is 0 Å². The van der Waals surface area contributed by atoms with Crippen LogP contribution in [0.5, 0.6) is 5.75 Å². The molecule has 0 saturated carbocycles.